The summed E-state index contributed by atoms with van der Waals surface area (Å²) >= 11 is 1.80. The third-order valence-corrected chi connectivity index (χ3v) is 4.69. The predicted molar refractivity (Wildman–Crippen MR) is 58.0 cm³/mol. The van der Waals surface area contributed by atoms with Crippen LogP contribution in [0.3, 0.4) is 0 Å². The number of thioether (sulfide) groups is 1. The largest absolute Gasteiger partial charge is 0.316 e. The zero-order chi connectivity index (χ0) is 9.73. The summed E-state index contributed by atoms with van der Waals surface area (Å²) in [7, 11) is -2.68. The maximum atomic E-state index is 11.1. The van der Waals surface area contributed by atoms with Gasteiger partial charge in [-0.1, -0.05) is 0 Å². The van der Waals surface area contributed by atoms with Gasteiger partial charge in [0.2, 0.25) is 0 Å². The molecule has 0 saturated carbocycles. The molecule has 3 nitrogen and oxygen atoms in total. The molecule has 1 fully saturated rings. The first-order chi connectivity index (χ1) is 6.14. The minimum atomic E-state index is -2.68. The fourth-order valence-electron chi connectivity index (χ4n) is 1.51. The molecule has 1 unspecified atom stereocenters. The SMILES string of the molecule is CSCCNCC1CCS(=O)(=O)C1. The van der Waals surface area contributed by atoms with Crippen LogP contribution in [0.1, 0.15) is 6.42 Å². The maximum absolute atomic E-state index is 11.1. The van der Waals surface area contributed by atoms with Crippen LogP contribution in [0, 0.1) is 5.92 Å². The van der Waals surface area contributed by atoms with E-state index < -0.39 is 9.84 Å². The van der Waals surface area contributed by atoms with Crippen molar-refractivity contribution in [3.63, 3.8) is 0 Å². The highest BCUT2D eigenvalue weighted by atomic mass is 32.2. The molecule has 78 valence electrons. The van der Waals surface area contributed by atoms with Crippen LogP contribution in [0.2, 0.25) is 0 Å². The summed E-state index contributed by atoms with van der Waals surface area (Å²) in [5.74, 6) is 2.23. The monoisotopic (exact) mass is 223 g/mol. The van der Waals surface area contributed by atoms with Crippen molar-refractivity contribution < 1.29 is 8.42 Å². The summed E-state index contributed by atoms with van der Waals surface area (Å²) < 4.78 is 22.2. The molecule has 1 atom stereocenters. The molecule has 1 N–H and O–H groups in total. The smallest absolute Gasteiger partial charge is 0.150 e. The highest BCUT2D eigenvalue weighted by Gasteiger charge is 2.26. The standard InChI is InChI=1S/C8H17NO2S2/c1-12-4-3-9-6-8-2-5-13(10,11)7-8/h8-9H,2-7H2,1H3. The summed E-state index contributed by atoms with van der Waals surface area (Å²) in [6.45, 7) is 1.84. The molecule has 0 aromatic rings. The molecule has 0 spiro atoms. The van der Waals surface area contributed by atoms with Crippen LogP contribution in [0.15, 0.2) is 0 Å². The van der Waals surface area contributed by atoms with Gasteiger partial charge < -0.3 is 5.32 Å². The fraction of sp³-hybridized carbons (Fsp3) is 1.00. The van der Waals surface area contributed by atoms with Gasteiger partial charge in [-0.15, -0.1) is 0 Å². The van der Waals surface area contributed by atoms with E-state index in [0.29, 0.717) is 17.4 Å². The lowest BCUT2D eigenvalue weighted by molar-refractivity contribution is 0.533. The average molecular weight is 223 g/mol. The lowest BCUT2D eigenvalue weighted by atomic mass is 10.1. The van der Waals surface area contributed by atoms with Crippen LogP contribution < -0.4 is 5.32 Å². The first-order valence-electron chi connectivity index (χ1n) is 4.54. The Labute approximate surface area is 84.6 Å². The Morgan fingerprint density at radius 2 is 2.31 bits per heavy atom. The van der Waals surface area contributed by atoms with E-state index in [-0.39, 0.29) is 0 Å². The first kappa shape index (κ1) is 11.3. The molecule has 0 bridgehead atoms. The average Bonchev–Trinajstić information content (AvgIpc) is 2.40. The predicted octanol–water partition coefficient (Wildman–Crippen LogP) is 0.374. The number of sulfone groups is 1. The molecule has 0 amide bonds. The molecule has 13 heavy (non-hydrogen) atoms. The van der Waals surface area contributed by atoms with Gasteiger partial charge in [0.25, 0.3) is 0 Å². The van der Waals surface area contributed by atoms with E-state index in [9.17, 15) is 8.42 Å². The molecule has 0 aromatic heterocycles. The second-order valence-corrected chi connectivity index (χ2v) is 6.68. The second-order valence-electron chi connectivity index (χ2n) is 3.47. The minimum absolute atomic E-state index is 0.354. The van der Waals surface area contributed by atoms with Crippen molar-refractivity contribution in [2.24, 2.45) is 5.92 Å². The fourth-order valence-corrected chi connectivity index (χ4v) is 3.72. The molecule has 1 heterocycles. The van der Waals surface area contributed by atoms with Gasteiger partial charge in [-0.25, -0.2) is 8.42 Å². The summed E-state index contributed by atoms with van der Waals surface area (Å²) in [5, 5.41) is 3.28. The Morgan fingerprint density at radius 3 is 2.85 bits per heavy atom. The summed E-state index contributed by atoms with van der Waals surface area (Å²) in [4.78, 5) is 0. The Morgan fingerprint density at radius 1 is 1.54 bits per heavy atom. The van der Waals surface area contributed by atoms with Gasteiger partial charge in [-0.05, 0) is 25.1 Å². The third-order valence-electron chi connectivity index (χ3n) is 2.24. The Kier molecular flexibility index (Phi) is 4.55. The van der Waals surface area contributed by atoms with Gasteiger partial charge in [0.05, 0.1) is 11.5 Å². The van der Waals surface area contributed by atoms with Crippen LogP contribution >= 0.6 is 11.8 Å². The van der Waals surface area contributed by atoms with Gasteiger partial charge in [-0.3, -0.25) is 0 Å². The van der Waals surface area contributed by atoms with E-state index in [0.717, 1.165) is 25.3 Å². The highest BCUT2D eigenvalue weighted by molar-refractivity contribution is 7.98. The van der Waals surface area contributed by atoms with E-state index in [1.165, 1.54) is 0 Å². The number of nitrogens with one attached hydrogen (secondary N) is 1. The molecular formula is C8H17NO2S2. The van der Waals surface area contributed by atoms with Gasteiger partial charge in [-0.2, -0.15) is 11.8 Å². The van der Waals surface area contributed by atoms with Gasteiger partial charge >= 0.3 is 0 Å². The van der Waals surface area contributed by atoms with Crippen LogP contribution in [-0.2, 0) is 9.84 Å². The summed E-state index contributed by atoms with van der Waals surface area (Å²) in [5.41, 5.74) is 0. The minimum Gasteiger partial charge on any atom is -0.316 e. The first-order valence-corrected chi connectivity index (χ1v) is 7.75. The van der Waals surface area contributed by atoms with Crippen molar-refractivity contribution in [3.05, 3.63) is 0 Å². The van der Waals surface area contributed by atoms with E-state index >= 15 is 0 Å². The van der Waals surface area contributed by atoms with Crippen molar-refractivity contribution in [1.29, 1.82) is 0 Å². The molecule has 5 heteroatoms. The zero-order valence-electron chi connectivity index (χ0n) is 7.95. The summed E-state index contributed by atoms with van der Waals surface area (Å²) in [6.07, 6.45) is 2.91. The Balaban J connectivity index is 2.11. The molecule has 1 rings (SSSR count). The van der Waals surface area contributed by atoms with E-state index in [1.807, 2.05) is 0 Å². The van der Waals surface area contributed by atoms with E-state index in [2.05, 4.69) is 11.6 Å². The lowest BCUT2D eigenvalue weighted by Gasteiger charge is -2.08. The van der Waals surface area contributed by atoms with E-state index in [4.69, 9.17) is 0 Å². The van der Waals surface area contributed by atoms with Crippen molar-refractivity contribution in [1.82, 2.24) is 5.32 Å². The van der Waals surface area contributed by atoms with Crippen molar-refractivity contribution in [2.45, 2.75) is 6.42 Å². The number of hydrogen-bond donors (Lipinski definition) is 1. The normalized spacial score (nSPS) is 26.4. The zero-order valence-corrected chi connectivity index (χ0v) is 9.59. The quantitative estimate of drug-likeness (QED) is 0.684. The van der Waals surface area contributed by atoms with Crippen LogP contribution in [0.4, 0.5) is 0 Å². The molecule has 1 aliphatic rings. The number of rotatable bonds is 5. The maximum Gasteiger partial charge on any atom is 0.150 e. The van der Waals surface area contributed by atoms with Crippen LogP contribution in [0.25, 0.3) is 0 Å². The highest BCUT2D eigenvalue weighted by Crippen LogP contribution is 2.17. The van der Waals surface area contributed by atoms with Crippen molar-refractivity contribution in [2.75, 3.05) is 36.6 Å². The molecule has 0 aromatic carbocycles. The third kappa shape index (κ3) is 4.33. The Hall–Kier alpha value is 0.260. The van der Waals surface area contributed by atoms with Gasteiger partial charge in [0.1, 0.15) is 0 Å². The molecule has 0 aliphatic carbocycles. The van der Waals surface area contributed by atoms with Crippen LogP contribution in [-0.4, -0.2) is 45.0 Å². The molecular weight excluding hydrogens is 206 g/mol. The van der Waals surface area contributed by atoms with Gasteiger partial charge in [0.15, 0.2) is 9.84 Å². The lowest BCUT2D eigenvalue weighted by Crippen LogP contribution is -2.25. The van der Waals surface area contributed by atoms with Gasteiger partial charge in [0, 0.05) is 12.3 Å². The van der Waals surface area contributed by atoms with Crippen molar-refractivity contribution >= 4 is 21.6 Å². The summed E-state index contributed by atoms with van der Waals surface area (Å²) in [6, 6.07) is 0. The number of hydrogen-bond acceptors (Lipinski definition) is 4. The van der Waals surface area contributed by atoms with Crippen LogP contribution in [0.5, 0.6) is 0 Å². The van der Waals surface area contributed by atoms with E-state index in [1.54, 1.807) is 11.8 Å². The topological polar surface area (TPSA) is 46.2 Å². The molecule has 0 radical (unpaired) electrons. The molecule has 1 aliphatic heterocycles. The Bertz CT molecular complexity index is 239. The van der Waals surface area contributed by atoms with Crippen molar-refractivity contribution in [3.8, 4) is 0 Å². The molecule has 1 saturated heterocycles. The second kappa shape index (κ2) is 5.22.